The van der Waals surface area contributed by atoms with E-state index in [1.807, 2.05) is 74.0 Å². The summed E-state index contributed by atoms with van der Waals surface area (Å²) < 4.78 is 10.3. The Balaban J connectivity index is 0.000000172. The van der Waals surface area contributed by atoms with Gasteiger partial charge in [-0.25, -0.2) is 4.57 Å². The number of hydrogen-bond donors (Lipinski definition) is 0. The predicted molar refractivity (Wildman–Crippen MR) is 175 cm³/mol. The molecule has 44 heavy (non-hydrogen) atoms. The van der Waals surface area contributed by atoms with Crippen molar-refractivity contribution in [3.05, 3.63) is 139 Å². The predicted octanol–water partition coefficient (Wildman–Crippen LogP) is 9.46. The summed E-state index contributed by atoms with van der Waals surface area (Å²) in [6.45, 7) is 8.98. The van der Waals surface area contributed by atoms with Crippen LogP contribution in [0.15, 0.2) is 120 Å². The molecule has 7 aromatic rings. The second kappa shape index (κ2) is 13.5. The van der Waals surface area contributed by atoms with Gasteiger partial charge in [-0.15, -0.1) is 54.1 Å². The Morgan fingerprint density at radius 2 is 1.48 bits per heavy atom. The summed E-state index contributed by atoms with van der Waals surface area (Å²) in [4.78, 5) is 4.60. The third-order valence-electron chi connectivity index (χ3n) is 7.82. The summed E-state index contributed by atoms with van der Waals surface area (Å²) in [6, 6.07) is 39.5. The minimum Gasteiger partial charge on any atom is -0.500 e. The summed E-state index contributed by atoms with van der Waals surface area (Å²) >= 11 is 0. The Morgan fingerprint density at radius 1 is 0.750 bits per heavy atom. The summed E-state index contributed by atoms with van der Waals surface area (Å²) in [6.07, 6.45) is 5.96. The minimum atomic E-state index is 0. The van der Waals surface area contributed by atoms with Crippen LogP contribution in [-0.2, 0) is 27.2 Å². The van der Waals surface area contributed by atoms with E-state index in [1.165, 1.54) is 16.8 Å². The maximum atomic E-state index is 6.05. The van der Waals surface area contributed by atoms with Crippen LogP contribution in [0.5, 0.6) is 0 Å². The topological polar surface area (TPSA) is 34.8 Å². The first-order chi connectivity index (χ1) is 20.9. The van der Waals surface area contributed by atoms with Crippen LogP contribution in [0.2, 0.25) is 0 Å². The third kappa shape index (κ3) is 6.03. The van der Waals surface area contributed by atoms with E-state index in [1.54, 1.807) is 0 Å². The molecule has 3 aromatic heterocycles. The van der Waals surface area contributed by atoms with Crippen LogP contribution in [0, 0.1) is 12.1 Å². The van der Waals surface area contributed by atoms with Gasteiger partial charge in [0, 0.05) is 49.6 Å². The fraction of sp³-hybridized carbons (Fsp3) is 0.179. The van der Waals surface area contributed by atoms with E-state index in [2.05, 4.69) is 103 Å². The normalized spacial score (nSPS) is 11.1. The number of fused-ring (bicyclic) bond motifs is 3. The van der Waals surface area contributed by atoms with Crippen molar-refractivity contribution in [2.75, 3.05) is 0 Å². The van der Waals surface area contributed by atoms with Gasteiger partial charge >= 0.3 is 0 Å². The van der Waals surface area contributed by atoms with Gasteiger partial charge in [-0.3, -0.25) is 4.98 Å². The Morgan fingerprint density at radius 3 is 2.18 bits per heavy atom. The van der Waals surface area contributed by atoms with Crippen LogP contribution in [0.4, 0.5) is 0 Å². The number of furan rings is 1. The molecule has 1 radical (unpaired) electrons. The van der Waals surface area contributed by atoms with E-state index in [4.69, 9.17) is 4.42 Å². The zero-order valence-electron chi connectivity index (χ0n) is 25.7. The van der Waals surface area contributed by atoms with Gasteiger partial charge in [-0.1, -0.05) is 75.5 Å². The van der Waals surface area contributed by atoms with Crippen LogP contribution >= 0.6 is 0 Å². The maximum Gasteiger partial charge on any atom is 0.160 e. The van der Waals surface area contributed by atoms with Crippen molar-refractivity contribution >= 4 is 21.9 Å². The van der Waals surface area contributed by atoms with Crippen molar-refractivity contribution in [2.24, 2.45) is 7.05 Å². The molecule has 0 saturated carbocycles. The molecule has 0 aliphatic carbocycles. The Labute approximate surface area is 273 Å². The molecule has 223 valence electrons. The SMILES string of the molecule is CC(C)c1cccc(C(C)C)c1-n1ccnc1-c1[c-]cccc1.C[n+]1ccccc1-c1[c-]ccc2c1oc1ccccc12.[Ir]. The zero-order valence-corrected chi connectivity index (χ0v) is 28.1. The molecular weight excluding hydrogens is 719 g/mol. The first-order valence-corrected chi connectivity index (χ1v) is 14.8. The molecular formula is C39H36IrN3O-. The standard InChI is InChI=1S/C21H23N2.C18H13NO.Ir/c1-15(2)18-11-8-12-19(16(3)4)20(18)23-14-13-22-21(23)17-9-6-5-7-10-17;1-19-12-5-4-10-16(19)15-9-6-8-14-13-7-2-3-11-17(13)20-18(14)15;/h5-9,11-16H,1-4H3;2-8,10-12H,1H3;/q-1;;. The molecule has 7 rings (SSSR count). The maximum absolute atomic E-state index is 6.05. The van der Waals surface area contributed by atoms with Crippen molar-refractivity contribution in [1.82, 2.24) is 9.55 Å². The van der Waals surface area contributed by atoms with E-state index in [9.17, 15) is 0 Å². The summed E-state index contributed by atoms with van der Waals surface area (Å²) in [7, 11) is 2.03. The van der Waals surface area contributed by atoms with E-state index in [0.717, 1.165) is 44.6 Å². The number of nitrogens with zero attached hydrogens (tertiary/aromatic N) is 3. The second-order valence-electron chi connectivity index (χ2n) is 11.4. The molecule has 0 bridgehead atoms. The summed E-state index contributed by atoms with van der Waals surface area (Å²) in [5, 5.41) is 2.29. The first kappa shape index (κ1) is 31.1. The van der Waals surface area contributed by atoms with E-state index in [0.29, 0.717) is 11.8 Å². The molecule has 0 aliphatic rings. The van der Waals surface area contributed by atoms with Crippen molar-refractivity contribution in [2.45, 2.75) is 39.5 Å². The average Bonchev–Trinajstić information content (AvgIpc) is 3.67. The molecule has 0 amide bonds. The fourth-order valence-corrected chi connectivity index (χ4v) is 5.67. The molecule has 0 unspecified atom stereocenters. The zero-order chi connectivity index (χ0) is 29.9. The molecule has 0 spiro atoms. The Hall–Kier alpha value is -4.31. The monoisotopic (exact) mass is 755 g/mol. The molecule has 4 aromatic carbocycles. The number of para-hydroxylation sites is 2. The fourth-order valence-electron chi connectivity index (χ4n) is 5.67. The van der Waals surface area contributed by atoms with Crippen molar-refractivity contribution in [1.29, 1.82) is 0 Å². The van der Waals surface area contributed by atoms with Crippen LogP contribution in [-0.4, -0.2) is 9.55 Å². The summed E-state index contributed by atoms with van der Waals surface area (Å²) in [5.41, 5.74) is 8.90. The number of hydrogen-bond acceptors (Lipinski definition) is 2. The largest absolute Gasteiger partial charge is 0.500 e. The van der Waals surface area contributed by atoms with Crippen molar-refractivity contribution in [3.8, 4) is 28.3 Å². The van der Waals surface area contributed by atoms with Gasteiger partial charge in [0.25, 0.3) is 0 Å². The van der Waals surface area contributed by atoms with Crippen LogP contribution in [0.1, 0.15) is 50.7 Å². The number of pyridine rings is 1. The minimum absolute atomic E-state index is 0. The molecule has 0 N–H and O–H groups in total. The Kier molecular flexibility index (Phi) is 9.58. The van der Waals surface area contributed by atoms with Gasteiger partial charge in [0.15, 0.2) is 6.20 Å². The second-order valence-corrected chi connectivity index (χ2v) is 11.4. The molecule has 0 saturated heterocycles. The average molecular weight is 755 g/mol. The van der Waals surface area contributed by atoms with Crippen molar-refractivity contribution < 1.29 is 29.1 Å². The summed E-state index contributed by atoms with van der Waals surface area (Å²) in [5.74, 6) is 1.86. The van der Waals surface area contributed by atoms with Gasteiger partial charge in [0.2, 0.25) is 0 Å². The molecule has 0 fully saturated rings. The van der Waals surface area contributed by atoms with Gasteiger partial charge in [0.1, 0.15) is 18.3 Å². The van der Waals surface area contributed by atoms with Crippen molar-refractivity contribution in [3.63, 3.8) is 0 Å². The van der Waals surface area contributed by atoms with E-state index in [-0.39, 0.29) is 20.1 Å². The van der Waals surface area contributed by atoms with Gasteiger partial charge in [-0.2, -0.15) is 0 Å². The number of aryl methyl sites for hydroxylation is 1. The van der Waals surface area contributed by atoms with Crippen LogP contribution in [0.25, 0.3) is 50.3 Å². The van der Waals surface area contributed by atoms with Gasteiger partial charge < -0.3 is 8.98 Å². The first-order valence-electron chi connectivity index (χ1n) is 14.8. The van der Waals surface area contributed by atoms with Gasteiger partial charge in [0.05, 0.1) is 11.4 Å². The van der Waals surface area contributed by atoms with Gasteiger partial charge in [-0.05, 0) is 40.7 Å². The number of aromatic nitrogens is 3. The molecule has 0 atom stereocenters. The number of benzene rings is 4. The third-order valence-corrected chi connectivity index (χ3v) is 7.82. The molecule has 0 aliphatic heterocycles. The van der Waals surface area contributed by atoms with E-state index >= 15 is 0 Å². The smallest absolute Gasteiger partial charge is 0.160 e. The van der Waals surface area contributed by atoms with Crippen LogP contribution in [0.3, 0.4) is 0 Å². The molecule has 3 heterocycles. The Bertz CT molecular complexity index is 1980. The molecule has 5 heteroatoms. The van der Waals surface area contributed by atoms with Crippen LogP contribution < -0.4 is 4.57 Å². The number of imidazole rings is 1. The quantitative estimate of drug-likeness (QED) is 0.130. The van der Waals surface area contributed by atoms with E-state index < -0.39 is 0 Å². The molecule has 4 nitrogen and oxygen atoms in total. The number of rotatable bonds is 5.